The predicted octanol–water partition coefficient (Wildman–Crippen LogP) is 4.47. The Balaban J connectivity index is 1.35. The van der Waals surface area contributed by atoms with Crippen LogP contribution in [0.1, 0.15) is 42.1 Å². The number of benzene rings is 1. The zero-order valence-electron chi connectivity index (χ0n) is 17.9. The van der Waals surface area contributed by atoms with Crippen LogP contribution >= 0.6 is 0 Å². The average Bonchev–Trinajstić information content (AvgIpc) is 3.26. The van der Waals surface area contributed by atoms with Crippen LogP contribution in [0.5, 0.6) is 0 Å². The third kappa shape index (κ3) is 4.00. The molecule has 33 heavy (non-hydrogen) atoms. The number of rotatable bonds is 4. The van der Waals surface area contributed by atoms with Gasteiger partial charge in [-0.15, -0.1) is 0 Å². The molecule has 3 aromatic heterocycles. The SMILES string of the molecule is Nc1nccc2c1ccn2-c1ccc(NC(=O)c2cccn(C3CCC(F)CC3)c2=O)cc1. The van der Waals surface area contributed by atoms with E-state index in [2.05, 4.69) is 10.3 Å². The van der Waals surface area contributed by atoms with Gasteiger partial charge in [0.1, 0.15) is 17.6 Å². The van der Waals surface area contributed by atoms with Crippen LogP contribution in [0.25, 0.3) is 16.6 Å². The lowest BCUT2D eigenvalue weighted by molar-refractivity contribution is 0.102. The summed E-state index contributed by atoms with van der Waals surface area (Å²) in [6.07, 6.45) is 6.55. The first-order valence-electron chi connectivity index (χ1n) is 11.0. The molecule has 168 valence electrons. The number of nitrogens with two attached hydrogens (primary N) is 1. The number of halogens is 1. The van der Waals surface area contributed by atoms with E-state index in [1.54, 1.807) is 35.2 Å². The van der Waals surface area contributed by atoms with E-state index in [0.717, 1.165) is 16.6 Å². The van der Waals surface area contributed by atoms with Crippen molar-refractivity contribution in [3.63, 3.8) is 0 Å². The summed E-state index contributed by atoms with van der Waals surface area (Å²) in [6.45, 7) is 0. The van der Waals surface area contributed by atoms with Gasteiger partial charge in [0, 0.05) is 41.4 Å². The van der Waals surface area contributed by atoms with E-state index in [1.165, 1.54) is 6.07 Å². The van der Waals surface area contributed by atoms with E-state index in [4.69, 9.17) is 5.73 Å². The molecule has 0 atom stereocenters. The minimum atomic E-state index is -0.801. The van der Waals surface area contributed by atoms with Crippen molar-refractivity contribution in [2.45, 2.75) is 37.9 Å². The lowest BCUT2D eigenvalue weighted by atomic mass is 9.93. The summed E-state index contributed by atoms with van der Waals surface area (Å²) in [5.41, 5.74) is 8.08. The average molecular weight is 445 g/mol. The second-order valence-corrected chi connectivity index (χ2v) is 8.36. The molecule has 1 saturated carbocycles. The lowest BCUT2D eigenvalue weighted by Crippen LogP contribution is -2.32. The van der Waals surface area contributed by atoms with Crippen molar-refractivity contribution >= 4 is 28.3 Å². The molecule has 5 rings (SSSR count). The van der Waals surface area contributed by atoms with E-state index in [1.807, 2.05) is 35.0 Å². The molecule has 0 bridgehead atoms. The molecule has 1 aliphatic carbocycles. The third-order valence-corrected chi connectivity index (χ3v) is 6.29. The molecule has 3 N–H and O–H groups in total. The normalized spacial score (nSPS) is 18.3. The number of pyridine rings is 2. The van der Waals surface area contributed by atoms with E-state index in [-0.39, 0.29) is 17.2 Å². The largest absolute Gasteiger partial charge is 0.383 e. The van der Waals surface area contributed by atoms with Gasteiger partial charge in [-0.25, -0.2) is 9.37 Å². The number of nitrogens with one attached hydrogen (secondary N) is 1. The number of anilines is 2. The summed E-state index contributed by atoms with van der Waals surface area (Å²) in [5, 5.41) is 3.67. The highest BCUT2D eigenvalue weighted by atomic mass is 19.1. The van der Waals surface area contributed by atoms with E-state index in [9.17, 15) is 14.0 Å². The Morgan fingerprint density at radius 1 is 1.03 bits per heavy atom. The van der Waals surface area contributed by atoms with Crippen molar-refractivity contribution in [2.24, 2.45) is 0 Å². The fourth-order valence-corrected chi connectivity index (χ4v) is 4.50. The Kier molecular flexibility index (Phi) is 5.42. The van der Waals surface area contributed by atoms with E-state index >= 15 is 0 Å². The number of nitrogens with zero attached hydrogens (tertiary/aromatic N) is 3. The number of carbonyl (C=O) groups excluding carboxylic acids is 1. The van der Waals surface area contributed by atoms with Crippen molar-refractivity contribution in [3.05, 3.63) is 83.0 Å². The summed E-state index contributed by atoms with van der Waals surface area (Å²) < 4.78 is 17.0. The fourth-order valence-electron chi connectivity index (χ4n) is 4.50. The van der Waals surface area contributed by atoms with E-state index < -0.39 is 12.1 Å². The number of aromatic nitrogens is 3. The molecule has 1 fully saturated rings. The fraction of sp³-hybridized carbons (Fsp3) is 0.240. The van der Waals surface area contributed by atoms with Gasteiger partial charge in [-0.05, 0) is 74.2 Å². The van der Waals surface area contributed by atoms with Crippen LogP contribution in [-0.4, -0.2) is 26.2 Å². The van der Waals surface area contributed by atoms with Gasteiger partial charge >= 0.3 is 0 Å². The Morgan fingerprint density at radius 3 is 2.55 bits per heavy atom. The highest BCUT2D eigenvalue weighted by Gasteiger charge is 2.24. The van der Waals surface area contributed by atoms with Gasteiger partial charge in [0.15, 0.2) is 0 Å². The highest BCUT2D eigenvalue weighted by Crippen LogP contribution is 2.29. The van der Waals surface area contributed by atoms with Crippen LogP contribution in [0, 0.1) is 0 Å². The molecule has 0 saturated heterocycles. The molecule has 8 heteroatoms. The van der Waals surface area contributed by atoms with Crippen LogP contribution in [0.2, 0.25) is 0 Å². The Morgan fingerprint density at radius 2 is 1.79 bits per heavy atom. The minimum absolute atomic E-state index is 0.0721. The second kappa shape index (κ2) is 8.54. The molecule has 3 heterocycles. The molecule has 7 nitrogen and oxygen atoms in total. The number of fused-ring (bicyclic) bond motifs is 1. The van der Waals surface area contributed by atoms with Crippen molar-refractivity contribution in [3.8, 4) is 5.69 Å². The first-order chi connectivity index (χ1) is 16.0. The first-order valence-corrected chi connectivity index (χ1v) is 11.0. The van der Waals surface area contributed by atoms with Crippen molar-refractivity contribution in [2.75, 3.05) is 11.1 Å². The molecule has 0 aliphatic heterocycles. The molecule has 0 radical (unpaired) electrons. The van der Waals surface area contributed by atoms with Gasteiger partial charge in [-0.3, -0.25) is 9.59 Å². The van der Waals surface area contributed by atoms with Gasteiger partial charge < -0.3 is 20.2 Å². The monoisotopic (exact) mass is 445 g/mol. The molecule has 1 amide bonds. The van der Waals surface area contributed by atoms with Gasteiger partial charge in [-0.1, -0.05) is 0 Å². The number of alkyl halides is 1. The van der Waals surface area contributed by atoms with Gasteiger partial charge in [0.2, 0.25) is 0 Å². The molecule has 0 unspecified atom stereocenters. The highest BCUT2D eigenvalue weighted by molar-refractivity contribution is 6.04. The first kappa shape index (κ1) is 20.9. The Labute approximate surface area is 189 Å². The Bertz CT molecular complexity index is 1370. The summed E-state index contributed by atoms with van der Waals surface area (Å²) in [5.74, 6) is 0.00734. The second-order valence-electron chi connectivity index (χ2n) is 8.36. The summed E-state index contributed by atoms with van der Waals surface area (Å²) in [6, 6.07) is 14.3. The number of amides is 1. The van der Waals surface area contributed by atoms with Crippen molar-refractivity contribution in [1.29, 1.82) is 0 Å². The lowest BCUT2D eigenvalue weighted by Gasteiger charge is -2.26. The summed E-state index contributed by atoms with van der Waals surface area (Å²) in [7, 11) is 0. The summed E-state index contributed by atoms with van der Waals surface area (Å²) >= 11 is 0. The van der Waals surface area contributed by atoms with Gasteiger partial charge in [0.05, 0.1) is 5.52 Å². The Hall–Kier alpha value is -3.94. The number of hydrogen-bond acceptors (Lipinski definition) is 4. The van der Waals surface area contributed by atoms with E-state index in [0.29, 0.717) is 37.2 Å². The maximum absolute atomic E-state index is 13.5. The standard InChI is InChI=1S/C25H24FN5O2/c26-16-3-7-19(8-4-16)31-14-1-2-21(25(31)33)24(32)29-17-5-9-18(10-6-17)30-15-12-20-22(30)11-13-28-23(20)27/h1-2,5-6,9-16,19H,3-4,7-8H2,(H2,27,28)(H,29,32). The number of hydrogen-bond donors (Lipinski definition) is 2. The van der Waals surface area contributed by atoms with Crippen LogP contribution in [0.15, 0.2) is 71.9 Å². The minimum Gasteiger partial charge on any atom is -0.383 e. The topological polar surface area (TPSA) is 94.9 Å². The smallest absolute Gasteiger partial charge is 0.263 e. The molecule has 4 aromatic rings. The molecule has 1 aromatic carbocycles. The molecular weight excluding hydrogens is 421 g/mol. The van der Waals surface area contributed by atoms with Gasteiger partial charge in [0.25, 0.3) is 11.5 Å². The zero-order valence-corrected chi connectivity index (χ0v) is 17.9. The maximum atomic E-state index is 13.5. The molecule has 1 aliphatic rings. The van der Waals surface area contributed by atoms with Crippen molar-refractivity contribution in [1.82, 2.24) is 14.1 Å². The van der Waals surface area contributed by atoms with Gasteiger partial charge in [-0.2, -0.15) is 0 Å². The maximum Gasteiger partial charge on any atom is 0.263 e. The van der Waals surface area contributed by atoms with Crippen LogP contribution in [0.3, 0.4) is 0 Å². The van der Waals surface area contributed by atoms with Crippen LogP contribution in [0.4, 0.5) is 15.9 Å². The zero-order chi connectivity index (χ0) is 22.9. The quantitative estimate of drug-likeness (QED) is 0.484. The van der Waals surface area contributed by atoms with Crippen LogP contribution < -0.4 is 16.6 Å². The third-order valence-electron chi connectivity index (χ3n) is 6.29. The number of nitrogen functional groups attached to an aromatic ring is 1. The van der Waals surface area contributed by atoms with Crippen LogP contribution in [-0.2, 0) is 0 Å². The molecular formula is C25H24FN5O2. The molecule has 0 spiro atoms. The van der Waals surface area contributed by atoms with Crippen molar-refractivity contribution < 1.29 is 9.18 Å². The number of carbonyl (C=O) groups is 1. The summed E-state index contributed by atoms with van der Waals surface area (Å²) in [4.78, 5) is 29.9. The predicted molar refractivity (Wildman–Crippen MR) is 127 cm³/mol.